The molecule has 71 valence electrons. The van der Waals surface area contributed by atoms with Gasteiger partial charge in [0.1, 0.15) is 0 Å². The molecule has 1 aliphatic heterocycles. The SMILES string of the molecule is CC1(C)CC(CI)C(C)(C)N1[O]. The van der Waals surface area contributed by atoms with Crippen LogP contribution in [0, 0.1) is 5.92 Å². The Morgan fingerprint density at radius 3 is 2.08 bits per heavy atom. The van der Waals surface area contributed by atoms with Crippen molar-refractivity contribution in [3.8, 4) is 0 Å². The summed E-state index contributed by atoms with van der Waals surface area (Å²) in [6.45, 7) is 8.18. The molecule has 0 aliphatic carbocycles. The van der Waals surface area contributed by atoms with Gasteiger partial charge in [0.15, 0.2) is 0 Å². The summed E-state index contributed by atoms with van der Waals surface area (Å²) in [7, 11) is 0. The molecule has 1 atom stereocenters. The minimum atomic E-state index is -0.176. The zero-order valence-corrected chi connectivity index (χ0v) is 10.4. The minimum absolute atomic E-state index is 0.167. The lowest BCUT2D eigenvalue weighted by atomic mass is 9.89. The molecule has 0 saturated carbocycles. The molecule has 0 N–H and O–H groups in total. The molecule has 1 unspecified atom stereocenters. The van der Waals surface area contributed by atoms with E-state index in [2.05, 4.69) is 36.4 Å². The van der Waals surface area contributed by atoms with Crippen molar-refractivity contribution in [2.45, 2.75) is 45.2 Å². The van der Waals surface area contributed by atoms with E-state index in [0.29, 0.717) is 5.92 Å². The van der Waals surface area contributed by atoms with Crippen LogP contribution in [0.5, 0.6) is 0 Å². The fraction of sp³-hybridized carbons (Fsp3) is 1.00. The van der Waals surface area contributed by atoms with Crippen LogP contribution in [0.3, 0.4) is 0 Å². The highest BCUT2D eigenvalue weighted by Crippen LogP contribution is 2.44. The van der Waals surface area contributed by atoms with E-state index in [0.717, 1.165) is 10.8 Å². The summed E-state index contributed by atoms with van der Waals surface area (Å²) in [6.07, 6.45) is 1.02. The second-order valence-electron chi connectivity index (χ2n) is 4.82. The number of halogens is 1. The van der Waals surface area contributed by atoms with Crippen molar-refractivity contribution in [3.05, 3.63) is 0 Å². The van der Waals surface area contributed by atoms with Crippen molar-refractivity contribution in [1.29, 1.82) is 0 Å². The number of hydroxylamine groups is 2. The molecule has 1 saturated heterocycles. The van der Waals surface area contributed by atoms with Crippen molar-refractivity contribution >= 4 is 22.6 Å². The number of hydrogen-bond donors (Lipinski definition) is 0. The number of nitrogens with zero attached hydrogens (tertiary/aromatic N) is 1. The van der Waals surface area contributed by atoms with E-state index < -0.39 is 0 Å². The Hall–Kier alpha value is 0.650. The van der Waals surface area contributed by atoms with Gasteiger partial charge in [-0.1, -0.05) is 22.6 Å². The second-order valence-corrected chi connectivity index (χ2v) is 5.70. The summed E-state index contributed by atoms with van der Waals surface area (Å²) in [6, 6.07) is 0. The van der Waals surface area contributed by atoms with Crippen molar-refractivity contribution in [2.24, 2.45) is 5.92 Å². The van der Waals surface area contributed by atoms with Crippen LogP contribution in [0.15, 0.2) is 0 Å². The predicted molar refractivity (Wildman–Crippen MR) is 57.7 cm³/mol. The Morgan fingerprint density at radius 2 is 1.92 bits per heavy atom. The lowest BCUT2D eigenvalue weighted by Crippen LogP contribution is -2.46. The molecule has 0 spiro atoms. The largest absolute Gasteiger partial charge is 0.144 e. The quantitative estimate of drug-likeness (QED) is 0.535. The van der Waals surface area contributed by atoms with Gasteiger partial charge >= 0.3 is 0 Å². The number of alkyl halides is 1. The summed E-state index contributed by atoms with van der Waals surface area (Å²) in [5.41, 5.74) is -0.343. The molecule has 12 heavy (non-hydrogen) atoms. The fourth-order valence-electron chi connectivity index (χ4n) is 2.12. The maximum Gasteiger partial charge on any atom is 0.0479 e. The first-order valence-electron chi connectivity index (χ1n) is 4.36. The monoisotopic (exact) mass is 282 g/mol. The van der Waals surface area contributed by atoms with E-state index in [1.165, 1.54) is 5.06 Å². The van der Waals surface area contributed by atoms with Gasteiger partial charge in [0.25, 0.3) is 0 Å². The van der Waals surface area contributed by atoms with Gasteiger partial charge in [0, 0.05) is 15.5 Å². The Labute approximate surface area is 88.4 Å². The Kier molecular flexibility index (Phi) is 2.77. The fourth-order valence-corrected chi connectivity index (χ4v) is 3.51. The van der Waals surface area contributed by atoms with Crippen LogP contribution in [0.1, 0.15) is 34.1 Å². The average Bonchev–Trinajstić information content (AvgIpc) is 2.11. The van der Waals surface area contributed by atoms with Crippen LogP contribution in [0.4, 0.5) is 0 Å². The molecule has 1 fully saturated rings. The lowest BCUT2D eigenvalue weighted by molar-refractivity contribution is -0.247. The van der Waals surface area contributed by atoms with Gasteiger partial charge in [0.2, 0.25) is 0 Å². The van der Waals surface area contributed by atoms with Crippen molar-refractivity contribution in [1.82, 2.24) is 5.06 Å². The van der Waals surface area contributed by atoms with Gasteiger partial charge < -0.3 is 0 Å². The van der Waals surface area contributed by atoms with E-state index in [1.54, 1.807) is 0 Å². The van der Waals surface area contributed by atoms with Crippen LogP contribution in [0.25, 0.3) is 0 Å². The molecular formula is C9H17INO. The molecule has 1 radical (unpaired) electrons. The standard InChI is InChI=1S/C9H17INO/c1-8(2)5-7(6-10)9(3,4)11(8)12/h7H,5-6H2,1-4H3. The highest BCUT2D eigenvalue weighted by atomic mass is 127. The second kappa shape index (κ2) is 3.10. The molecule has 0 aromatic rings. The summed E-state index contributed by atoms with van der Waals surface area (Å²) in [5, 5.41) is 13.1. The molecule has 1 aliphatic rings. The maximum atomic E-state index is 11.8. The van der Waals surface area contributed by atoms with Crippen molar-refractivity contribution in [2.75, 3.05) is 4.43 Å². The topological polar surface area (TPSA) is 23.1 Å². The third kappa shape index (κ3) is 1.51. The van der Waals surface area contributed by atoms with Crippen molar-refractivity contribution in [3.63, 3.8) is 0 Å². The van der Waals surface area contributed by atoms with Crippen LogP contribution in [0.2, 0.25) is 0 Å². The zero-order chi connectivity index (χ0) is 9.57. The molecule has 1 rings (SSSR count). The van der Waals surface area contributed by atoms with Gasteiger partial charge in [-0.05, 0) is 40.0 Å². The Balaban J connectivity index is 2.88. The van der Waals surface area contributed by atoms with E-state index in [1.807, 2.05) is 13.8 Å². The highest BCUT2D eigenvalue weighted by Gasteiger charge is 2.51. The van der Waals surface area contributed by atoms with Gasteiger partial charge in [-0.25, -0.2) is 0 Å². The van der Waals surface area contributed by atoms with Gasteiger partial charge in [0.05, 0.1) is 0 Å². The number of rotatable bonds is 1. The molecule has 0 aromatic heterocycles. The van der Waals surface area contributed by atoms with Crippen LogP contribution < -0.4 is 0 Å². The smallest absolute Gasteiger partial charge is 0.0479 e. The Bertz CT molecular complexity index is 179. The van der Waals surface area contributed by atoms with E-state index >= 15 is 0 Å². The average molecular weight is 282 g/mol. The van der Waals surface area contributed by atoms with Crippen LogP contribution in [-0.2, 0) is 5.21 Å². The molecular weight excluding hydrogens is 265 g/mol. The first-order valence-corrected chi connectivity index (χ1v) is 5.88. The third-order valence-electron chi connectivity index (χ3n) is 3.00. The molecule has 2 nitrogen and oxygen atoms in total. The summed E-state index contributed by atoms with van der Waals surface area (Å²) in [4.78, 5) is 0. The van der Waals surface area contributed by atoms with E-state index in [4.69, 9.17) is 0 Å². The summed E-state index contributed by atoms with van der Waals surface area (Å²) in [5.74, 6) is 0.533. The third-order valence-corrected chi connectivity index (χ3v) is 4.07. The maximum absolute atomic E-state index is 11.8. The first kappa shape index (κ1) is 10.7. The summed E-state index contributed by atoms with van der Waals surface area (Å²) >= 11 is 2.38. The van der Waals surface area contributed by atoms with Gasteiger partial charge in [-0.2, -0.15) is 0 Å². The van der Waals surface area contributed by atoms with E-state index in [-0.39, 0.29) is 11.1 Å². The molecule has 0 amide bonds. The van der Waals surface area contributed by atoms with Gasteiger partial charge in [-0.15, -0.1) is 10.3 Å². The predicted octanol–water partition coefficient (Wildman–Crippen LogP) is 2.65. The molecule has 1 heterocycles. The van der Waals surface area contributed by atoms with Crippen LogP contribution >= 0.6 is 22.6 Å². The highest BCUT2D eigenvalue weighted by molar-refractivity contribution is 14.1. The normalized spacial score (nSPS) is 34.0. The molecule has 0 bridgehead atoms. The lowest BCUT2D eigenvalue weighted by Gasteiger charge is -2.33. The van der Waals surface area contributed by atoms with Crippen LogP contribution in [-0.4, -0.2) is 20.6 Å². The van der Waals surface area contributed by atoms with E-state index in [9.17, 15) is 5.21 Å². The zero-order valence-electron chi connectivity index (χ0n) is 8.22. The molecule has 0 aromatic carbocycles. The first-order chi connectivity index (χ1) is 5.32. The number of hydrogen-bond acceptors (Lipinski definition) is 1. The van der Waals surface area contributed by atoms with Crippen molar-refractivity contribution < 1.29 is 5.21 Å². The minimum Gasteiger partial charge on any atom is -0.144 e. The summed E-state index contributed by atoms with van der Waals surface area (Å²) < 4.78 is 1.08. The van der Waals surface area contributed by atoms with Gasteiger partial charge in [-0.3, -0.25) is 0 Å². The molecule has 3 heteroatoms. The Morgan fingerprint density at radius 1 is 1.42 bits per heavy atom.